The highest BCUT2D eigenvalue weighted by atomic mass is 19.3. The van der Waals surface area contributed by atoms with Gasteiger partial charge >= 0.3 is 0 Å². The molecule has 3 aromatic carbocycles. The molecule has 0 radical (unpaired) electrons. The lowest BCUT2D eigenvalue weighted by Crippen LogP contribution is -1.94. The SMILES string of the molecule is Fc1ccccc1-c1ccc(Oc2ccccc2)cc1C(F)F. The average Bonchev–Trinajstić information content (AvgIpc) is 2.56. The summed E-state index contributed by atoms with van der Waals surface area (Å²) in [5.41, 5.74) is 0.0519. The number of hydrogen-bond acceptors (Lipinski definition) is 1. The van der Waals surface area contributed by atoms with Gasteiger partial charge in [-0.2, -0.15) is 0 Å². The van der Waals surface area contributed by atoms with Crippen LogP contribution in [0.5, 0.6) is 11.5 Å². The highest BCUT2D eigenvalue weighted by Gasteiger charge is 2.17. The summed E-state index contributed by atoms with van der Waals surface area (Å²) in [4.78, 5) is 0. The molecule has 0 saturated heterocycles. The first-order valence-electron chi connectivity index (χ1n) is 7.05. The Balaban J connectivity index is 2.01. The summed E-state index contributed by atoms with van der Waals surface area (Å²) in [5.74, 6) is 0.295. The minimum Gasteiger partial charge on any atom is -0.457 e. The van der Waals surface area contributed by atoms with Crippen LogP contribution < -0.4 is 4.74 Å². The number of para-hydroxylation sites is 1. The van der Waals surface area contributed by atoms with Crippen molar-refractivity contribution in [2.45, 2.75) is 6.43 Å². The standard InChI is InChI=1S/C19H13F3O/c20-18-9-5-4-8-16(18)15-11-10-14(12-17(15)19(21)22)23-13-6-2-1-3-7-13/h1-12,19H. The van der Waals surface area contributed by atoms with Gasteiger partial charge in [0.15, 0.2) is 0 Å². The highest BCUT2D eigenvalue weighted by molar-refractivity contribution is 5.69. The van der Waals surface area contributed by atoms with Crippen LogP contribution in [-0.2, 0) is 0 Å². The average molecular weight is 314 g/mol. The van der Waals surface area contributed by atoms with Crippen LogP contribution in [-0.4, -0.2) is 0 Å². The van der Waals surface area contributed by atoms with Crippen LogP contribution in [0.4, 0.5) is 13.2 Å². The third-order valence-electron chi connectivity index (χ3n) is 3.40. The summed E-state index contributed by atoms with van der Waals surface area (Å²) in [5, 5.41) is 0. The first-order chi connectivity index (χ1) is 11.1. The molecule has 0 unspecified atom stereocenters. The van der Waals surface area contributed by atoms with Crippen LogP contribution >= 0.6 is 0 Å². The van der Waals surface area contributed by atoms with Crippen molar-refractivity contribution in [1.82, 2.24) is 0 Å². The number of alkyl halides is 2. The van der Waals surface area contributed by atoms with Crippen LogP contribution in [0.25, 0.3) is 11.1 Å². The molecule has 0 aliphatic carbocycles. The minimum absolute atomic E-state index is 0.147. The maximum Gasteiger partial charge on any atom is 0.264 e. The lowest BCUT2D eigenvalue weighted by atomic mass is 9.99. The molecule has 116 valence electrons. The van der Waals surface area contributed by atoms with Crippen LogP contribution in [0.15, 0.2) is 72.8 Å². The second-order valence-electron chi connectivity index (χ2n) is 4.94. The summed E-state index contributed by atoms with van der Waals surface area (Å²) < 4.78 is 46.2. The van der Waals surface area contributed by atoms with Gasteiger partial charge in [0.25, 0.3) is 6.43 Å². The number of ether oxygens (including phenoxy) is 1. The topological polar surface area (TPSA) is 9.23 Å². The molecule has 0 N–H and O–H groups in total. The normalized spacial score (nSPS) is 10.8. The van der Waals surface area contributed by atoms with Gasteiger partial charge in [-0.05, 0) is 35.9 Å². The molecule has 4 heteroatoms. The van der Waals surface area contributed by atoms with E-state index in [0.717, 1.165) is 0 Å². The van der Waals surface area contributed by atoms with E-state index in [-0.39, 0.29) is 22.4 Å². The molecule has 23 heavy (non-hydrogen) atoms. The fourth-order valence-electron chi connectivity index (χ4n) is 2.33. The molecule has 0 bridgehead atoms. The Morgan fingerprint density at radius 1 is 0.696 bits per heavy atom. The van der Waals surface area contributed by atoms with E-state index in [1.165, 1.54) is 30.3 Å². The van der Waals surface area contributed by atoms with Gasteiger partial charge in [0.1, 0.15) is 17.3 Å². The Hall–Kier alpha value is -2.75. The number of hydrogen-bond donors (Lipinski definition) is 0. The zero-order chi connectivity index (χ0) is 16.2. The van der Waals surface area contributed by atoms with Crippen molar-refractivity contribution >= 4 is 0 Å². The molecule has 0 atom stereocenters. The molecule has 0 spiro atoms. The van der Waals surface area contributed by atoms with Gasteiger partial charge in [0, 0.05) is 11.1 Å². The molecule has 0 aromatic heterocycles. The van der Waals surface area contributed by atoms with E-state index in [1.807, 2.05) is 6.07 Å². The van der Waals surface area contributed by atoms with E-state index in [1.54, 1.807) is 36.4 Å². The first-order valence-corrected chi connectivity index (χ1v) is 7.05. The zero-order valence-electron chi connectivity index (χ0n) is 12.0. The first kappa shape index (κ1) is 15.2. The van der Waals surface area contributed by atoms with Gasteiger partial charge < -0.3 is 4.74 Å². The van der Waals surface area contributed by atoms with E-state index < -0.39 is 12.2 Å². The molecule has 0 aliphatic rings. The van der Waals surface area contributed by atoms with E-state index in [9.17, 15) is 13.2 Å². The maximum atomic E-state index is 13.9. The molecule has 3 aromatic rings. The van der Waals surface area contributed by atoms with Crippen molar-refractivity contribution in [2.24, 2.45) is 0 Å². The van der Waals surface area contributed by atoms with Gasteiger partial charge in [0.2, 0.25) is 0 Å². The molecule has 1 nitrogen and oxygen atoms in total. The third kappa shape index (κ3) is 3.37. The number of benzene rings is 3. The minimum atomic E-state index is -2.73. The van der Waals surface area contributed by atoms with Gasteiger partial charge in [-0.3, -0.25) is 0 Å². The van der Waals surface area contributed by atoms with Crippen molar-refractivity contribution in [3.05, 3.63) is 84.2 Å². The molecular weight excluding hydrogens is 301 g/mol. The molecule has 3 rings (SSSR count). The summed E-state index contributed by atoms with van der Waals surface area (Å²) in [6.45, 7) is 0. The summed E-state index contributed by atoms with van der Waals surface area (Å²) in [6.07, 6.45) is -2.73. The van der Waals surface area contributed by atoms with E-state index in [2.05, 4.69) is 0 Å². The smallest absolute Gasteiger partial charge is 0.264 e. The number of rotatable bonds is 4. The Bertz CT molecular complexity index is 801. The molecule has 0 saturated carbocycles. The Morgan fingerprint density at radius 2 is 1.39 bits per heavy atom. The van der Waals surface area contributed by atoms with Gasteiger partial charge in [-0.25, -0.2) is 13.2 Å². The van der Waals surface area contributed by atoms with E-state index in [0.29, 0.717) is 5.75 Å². The third-order valence-corrected chi connectivity index (χ3v) is 3.40. The van der Waals surface area contributed by atoms with Gasteiger partial charge in [-0.1, -0.05) is 42.5 Å². The molecular formula is C19H13F3O. The Morgan fingerprint density at radius 3 is 2.09 bits per heavy atom. The highest BCUT2D eigenvalue weighted by Crippen LogP contribution is 2.36. The Kier molecular flexibility index (Phi) is 4.33. The van der Waals surface area contributed by atoms with E-state index >= 15 is 0 Å². The van der Waals surface area contributed by atoms with Crippen molar-refractivity contribution < 1.29 is 17.9 Å². The van der Waals surface area contributed by atoms with Crippen LogP contribution in [0.2, 0.25) is 0 Å². The Labute approximate surface area is 132 Å². The predicted octanol–water partition coefficient (Wildman–Crippen LogP) is 6.22. The van der Waals surface area contributed by atoms with Crippen molar-refractivity contribution in [3.63, 3.8) is 0 Å². The molecule has 0 heterocycles. The molecule has 0 amide bonds. The summed E-state index contributed by atoms with van der Waals surface area (Å²) in [7, 11) is 0. The van der Waals surface area contributed by atoms with Crippen molar-refractivity contribution in [2.75, 3.05) is 0 Å². The maximum absolute atomic E-state index is 13.9. The molecule has 0 aliphatic heterocycles. The van der Waals surface area contributed by atoms with Crippen LogP contribution in [0, 0.1) is 5.82 Å². The second kappa shape index (κ2) is 6.57. The second-order valence-corrected chi connectivity index (χ2v) is 4.94. The number of halogens is 3. The quantitative estimate of drug-likeness (QED) is 0.555. The van der Waals surface area contributed by atoms with Crippen molar-refractivity contribution in [3.8, 4) is 22.6 Å². The molecule has 0 fully saturated rings. The van der Waals surface area contributed by atoms with Gasteiger partial charge in [-0.15, -0.1) is 0 Å². The zero-order valence-corrected chi connectivity index (χ0v) is 12.0. The fraction of sp³-hybridized carbons (Fsp3) is 0.0526. The fourth-order valence-corrected chi connectivity index (χ4v) is 2.33. The largest absolute Gasteiger partial charge is 0.457 e. The predicted molar refractivity (Wildman–Crippen MR) is 83.3 cm³/mol. The summed E-state index contributed by atoms with van der Waals surface area (Å²) in [6, 6.07) is 19.0. The lowest BCUT2D eigenvalue weighted by Gasteiger charge is -2.13. The van der Waals surface area contributed by atoms with Gasteiger partial charge in [0.05, 0.1) is 0 Å². The van der Waals surface area contributed by atoms with Crippen LogP contribution in [0.3, 0.4) is 0 Å². The van der Waals surface area contributed by atoms with Crippen molar-refractivity contribution in [1.29, 1.82) is 0 Å². The lowest BCUT2D eigenvalue weighted by molar-refractivity contribution is 0.151. The summed E-state index contributed by atoms with van der Waals surface area (Å²) >= 11 is 0. The van der Waals surface area contributed by atoms with Crippen LogP contribution in [0.1, 0.15) is 12.0 Å². The van der Waals surface area contributed by atoms with E-state index in [4.69, 9.17) is 4.74 Å². The monoisotopic (exact) mass is 314 g/mol.